The van der Waals surface area contributed by atoms with Crippen LogP contribution in [0.15, 0.2) is 34.7 Å². The predicted octanol–water partition coefficient (Wildman–Crippen LogP) is 1.61. The Kier molecular flexibility index (Phi) is 1.77. The fourth-order valence-corrected chi connectivity index (χ4v) is 1.34. The molecule has 0 aromatic heterocycles. The average Bonchev–Trinajstić information content (AvgIpc) is 2.46. The fourth-order valence-electron chi connectivity index (χ4n) is 1.17. The molecule has 0 fully saturated rings. The van der Waals surface area contributed by atoms with Crippen molar-refractivity contribution in [1.29, 1.82) is 0 Å². The number of rotatable bonds is 0. The van der Waals surface area contributed by atoms with Gasteiger partial charge < -0.3 is 10.6 Å². The second-order valence-electron chi connectivity index (χ2n) is 2.71. The summed E-state index contributed by atoms with van der Waals surface area (Å²) < 4.78 is 0. The maximum atomic E-state index is 10.7. The predicted molar refractivity (Wildman–Crippen MR) is 47.2 cm³/mol. The summed E-state index contributed by atoms with van der Waals surface area (Å²) in [7, 11) is 0. The highest BCUT2D eigenvalue weighted by molar-refractivity contribution is 6.31. The van der Waals surface area contributed by atoms with Gasteiger partial charge in [-0.05, 0) is 6.42 Å². The van der Waals surface area contributed by atoms with Crippen molar-refractivity contribution in [3.8, 4) is 0 Å². The van der Waals surface area contributed by atoms with Crippen LogP contribution in [0.4, 0.5) is 4.79 Å². The number of urea groups is 1. The van der Waals surface area contributed by atoms with Crippen LogP contribution in [0, 0.1) is 0 Å². The third-order valence-electron chi connectivity index (χ3n) is 1.79. The van der Waals surface area contributed by atoms with E-state index in [9.17, 15) is 4.79 Å². The van der Waals surface area contributed by atoms with E-state index >= 15 is 0 Å². The highest BCUT2D eigenvalue weighted by Crippen LogP contribution is 2.31. The monoisotopic (exact) mass is 198 g/mol. The molecule has 2 N–H and O–H groups in total. The van der Waals surface area contributed by atoms with Crippen molar-refractivity contribution in [3.63, 3.8) is 0 Å². The van der Waals surface area contributed by atoms with Crippen LogP contribution in [0.2, 0.25) is 0 Å². The molecule has 13 heavy (non-hydrogen) atoms. The van der Waals surface area contributed by atoms with Gasteiger partial charge in [0.25, 0.3) is 0 Å². The normalized spacial score (nSPS) is 19.8. The summed E-state index contributed by atoms with van der Waals surface area (Å²) in [5.74, 6) is 0.589. The van der Waals surface area contributed by atoms with E-state index in [0.29, 0.717) is 17.2 Å². The van der Waals surface area contributed by atoms with Crippen LogP contribution in [0.1, 0.15) is 6.42 Å². The molecule has 1 aliphatic carbocycles. The highest BCUT2D eigenvalue weighted by Gasteiger charge is 2.24. The second-order valence-corrected chi connectivity index (χ2v) is 3.15. The Morgan fingerprint density at radius 1 is 1.69 bits per heavy atom. The van der Waals surface area contributed by atoms with Crippen molar-refractivity contribution in [2.24, 2.45) is 5.73 Å². The first kappa shape index (κ1) is 8.19. The summed E-state index contributed by atoms with van der Waals surface area (Å²) >= 11 is 5.75. The van der Waals surface area contributed by atoms with E-state index in [4.69, 9.17) is 22.2 Å². The number of primary amides is 1. The molecule has 2 aliphatic rings. The molecule has 0 bridgehead atoms. The van der Waals surface area contributed by atoms with Crippen molar-refractivity contribution in [2.45, 2.75) is 6.42 Å². The maximum Gasteiger partial charge on any atom is 0.352 e. The second kappa shape index (κ2) is 2.81. The molecule has 4 nitrogen and oxygen atoms in total. The lowest BCUT2D eigenvalue weighted by Crippen LogP contribution is -2.28. The molecule has 2 amide bonds. The molecule has 1 heterocycles. The fraction of sp³-hybridized carbons (Fsp3) is 0.125. The van der Waals surface area contributed by atoms with Crippen LogP contribution < -0.4 is 5.73 Å². The molecule has 0 aromatic carbocycles. The first-order chi connectivity index (χ1) is 6.16. The number of hydrogen-bond donors (Lipinski definition) is 1. The molecule has 0 aromatic rings. The third kappa shape index (κ3) is 1.40. The number of hydroxylamine groups is 2. The van der Waals surface area contributed by atoms with Gasteiger partial charge in [-0.2, -0.15) is 0 Å². The molecular formula is C8H7ClN2O2. The molecular weight excluding hydrogens is 192 g/mol. The number of amides is 2. The number of nitrogens with two attached hydrogens (primary N) is 1. The van der Waals surface area contributed by atoms with Crippen molar-refractivity contribution >= 4 is 17.6 Å². The Morgan fingerprint density at radius 3 is 3.15 bits per heavy atom. The minimum absolute atomic E-state index is 0.589. The Hall–Kier alpha value is -1.42. The molecule has 0 spiro atoms. The standard InChI is InChI=1S/C8H7ClN2O2/c9-6-2-1-5-4-11(8(10)12)13-7(5)3-6/h2-4H,1H2,(H2,10,12). The van der Waals surface area contributed by atoms with Crippen LogP contribution in [0.25, 0.3) is 0 Å². The summed E-state index contributed by atoms with van der Waals surface area (Å²) in [6, 6.07) is -0.640. The van der Waals surface area contributed by atoms with Crippen LogP contribution in [-0.4, -0.2) is 11.1 Å². The number of allylic oxidation sites excluding steroid dienone is 4. The van der Waals surface area contributed by atoms with Crippen molar-refractivity contribution < 1.29 is 9.63 Å². The van der Waals surface area contributed by atoms with Gasteiger partial charge in [-0.25, -0.2) is 4.79 Å². The number of nitrogens with zero attached hydrogens (tertiary/aromatic N) is 1. The zero-order valence-electron chi connectivity index (χ0n) is 6.66. The van der Waals surface area contributed by atoms with Gasteiger partial charge in [-0.15, -0.1) is 5.06 Å². The van der Waals surface area contributed by atoms with Crippen molar-refractivity contribution in [1.82, 2.24) is 5.06 Å². The smallest absolute Gasteiger partial charge is 0.352 e. The van der Waals surface area contributed by atoms with Gasteiger partial charge in [0.15, 0.2) is 5.76 Å². The SMILES string of the molecule is NC(=O)N1C=C2CC=C(Cl)C=C2O1. The lowest BCUT2D eigenvalue weighted by atomic mass is 10.1. The minimum atomic E-state index is -0.640. The number of carbonyl (C=O) groups excluding carboxylic acids is 1. The molecule has 5 heteroatoms. The van der Waals surface area contributed by atoms with Crippen LogP contribution in [0.5, 0.6) is 0 Å². The summed E-state index contributed by atoms with van der Waals surface area (Å²) in [5.41, 5.74) is 5.93. The highest BCUT2D eigenvalue weighted by atomic mass is 35.5. The van der Waals surface area contributed by atoms with Gasteiger partial charge in [0.2, 0.25) is 0 Å². The topological polar surface area (TPSA) is 55.6 Å². The molecule has 0 radical (unpaired) electrons. The van der Waals surface area contributed by atoms with E-state index in [0.717, 1.165) is 10.6 Å². The molecule has 0 atom stereocenters. The van der Waals surface area contributed by atoms with E-state index < -0.39 is 6.03 Å². The van der Waals surface area contributed by atoms with Crippen molar-refractivity contribution in [3.05, 3.63) is 34.7 Å². The number of fused-ring (bicyclic) bond motifs is 1. The van der Waals surface area contributed by atoms with E-state index in [1.54, 1.807) is 12.3 Å². The van der Waals surface area contributed by atoms with E-state index in [-0.39, 0.29) is 0 Å². The van der Waals surface area contributed by atoms with E-state index in [1.807, 2.05) is 6.08 Å². The Labute approximate surface area is 79.8 Å². The summed E-state index contributed by atoms with van der Waals surface area (Å²) in [5, 5.41) is 1.60. The van der Waals surface area contributed by atoms with Gasteiger partial charge in [-0.3, -0.25) is 0 Å². The molecule has 0 saturated heterocycles. The third-order valence-corrected chi connectivity index (χ3v) is 2.05. The Bertz CT molecular complexity index is 357. The Morgan fingerprint density at radius 2 is 2.46 bits per heavy atom. The zero-order valence-corrected chi connectivity index (χ0v) is 7.41. The first-order valence-electron chi connectivity index (χ1n) is 3.72. The minimum Gasteiger partial charge on any atom is -0.371 e. The summed E-state index contributed by atoms with van der Waals surface area (Å²) in [4.78, 5) is 15.8. The Balaban J connectivity index is 2.25. The quantitative estimate of drug-likeness (QED) is 0.643. The van der Waals surface area contributed by atoms with Crippen LogP contribution in [0.3, 0.4) is 0 Å². The van der Waals surface area contributed by atoms with E-state index in [2.05, 4.69) is 0 Å². The maximum absolute atomic E-state index is 10.7. The number of hydrogen-bond acceptors (Lipinski definition) is 2. The average molecular weight is 199 g/mol. The van der Waals surface area contributed by atoms with Gasteiger partial charge in [0.1, 0.15) is 0 Å². The number of carbonyl (C=O) groups is 1. The number of halogens is 1. The van der Waals surface area contributed by atoms with E-state index in [1.165, 1.54) is 0 Å². The molecule has 1 aliphatic heterocycles. The lowest BCUT2D eigenvalue weighted by Gasteiger charge is -2.10. The molecule has 68 valence electrons. The molecule has 0 saturated carbocycles. The van der Waals surface area contributed by atoms with Gasteiger partial charge in [0, 0.05) is 16.7 Å². The first-order valence-corrected chi connectivity index (χ1v) is 4.09. The summed E-state index contributed by atoms with van der Waals surface area (Å²) in [6.07, 6.45) is 5.72. The van der Waals surface area contributed by atoms with Crippen LogP contribution in [-0.2, 0) is 4.84 Å². The molecule has 0 unspecified atom stereocenters. The molecule has 2 rings (SSSR count). The summed E-state index contributed by atoms with van der Waals surface area (Å²) in [6.45, 7) is 0. The van der Waals surface area contributed by atoms with Crippen LogP contribution >= 0.6 is 11.6 Å². The van der Waals surface area contributed by atoms with Gasteiger partial charge in [0.05, 0.1) is 6.20 Å². The van der Waals surface area contributed by atoms with Crippen molar-refractivity contribution in [2.75, 3.05) is 0 Å². The zero-order chi connectivity index (χ0) is 9.42. The van der Waals surface area contributed by atoms with Gasteiger partial charge in [-0.1, -0.05) is 17.7 Å². The van der Waals surface area contributed by atoms with Gasteiger partial charge >= 0.3 is 6.03 Å². The lowest BCUT2D eigenvalue weighted by molar-refractivity contribution is -0.00965. The largest absolute Gasteiger partial charge is 0.371 e.